The van der Waals surface area contributed by atoms with Gasteiger partial charge in [-0.3, -0.25) is 4.79 Å². The maximum Gasteiger partial charge on any atom is 0.241 e. The molecule has 0 unspecified atom stereocenters. The molecule has 0 aromatic heterocycles. The van der Waals surface area contributed by atoms with E-state index < -0.39 is 16.1 Å². The van der Waals surface area contributed by atoms with E-state index in [0.29, 0.717) is 19.5 Å². The van der Waals surface area contributed by atoms with Gasteiger partial charge in [-0.15, -0.1) is 0 Å². The van der Waals surface area contributed by atoms with Crippen molar-refractivity contribution in [2.24, 2.45) is 0 Å². The summed E-state index contributed by atoms with van der Waals surface area (Å²) in [5.41, 5.74) is 0.920. The Morgan fingerprint density at radius 2 is 1.54 bits per heavy atom. The van der Waals surface area contributed by atoms with Crippen molar-refractivity contribution in [3.8, 4) is 0 Å². The van der Waals surface area contributed by atoms with Crippen molar-refractivity contribution >= 4 is 15.9 Å². The van der Waals surface area contributed by atoms with E-state index in [0.717, 1.165) is 25.2 Å². The molecule has 6 nitrogen and oxygen atoms in total. The van der Waals surface area contributed by atoms with Gasteiger partial charge < -0.3 is 9.80 Å². The molecular weight excluding hydrogens is 374 g/mol. The van der Waals surface area contributed by atoms with E-state index in [9.17, 15) is 13.2 Å². The van der Waals surface area contributed by atoms with Crippen LogP contribution in [0.5, 0.6) is 0 Å². The second-order valence-electron chi connectivity index (χ2n) is 6.94. The van der Waals surface area contributed by atoms with Crippen LogP contribution in [-0.2, 0) is 21.2 Å². The Morgan fingerprint density at radius 1 is 0.964 bits per heavy atom. The van der Waals surface area contributed by atoms with Gasteiger partial charge in [-0.2, -0.15) is 4.72 Å². The van der Waals surface area contributed by atoms with Crippen LogP contribution in [-0.4, -0.2) is 62.9 Å². The fraction of sp³-hybridized carbons (Fsp3) is 0.381. The van der Waals surface area contributed by atoms with Crippen LogP contribution in [0.15, 0.2) is 65.6 Å². The topological polar surface area (TPSA) is 69.7 Å². The smallest absolute Gasteiger partial charge is 0.241 e. The number of hydrogen-bond donors (Lipinski definition) is 1. The maximum atomic E-state index is 13.2. The largest absolute Gasteiger partial charge is 0.339 e. The van der Waals surface area contributed by atoms with E-state index in [2.05, 4.69) is 16.5 Å². The second kappa shape index (κ2) is 9.32. The molecule has 28 heavy (non-hydrogen) atoms. The Kier molecular flexibility index (Phi) is 6.83. The molecule has 1 N–H and O–H groups in total. The summed E-state index contributed by atoms with van der Waals surface area (Å²) in [6.45, 7) is 5.91. The third-order valence-corrected chi connectivity index (χ3v) is 6.55. The highest BCUT2D eigenvalue weighted by atomic mass is 32.2. The fourth-order valence-electron chi connectivity index (χ4n) is 3.39. The minimum absolute atomic E-state index is 0.164. The van der Waals surface area contributed by atoms with Crippen molar-refractivity contribution in [1.82, 2.24) is 14.5 Å². The van der Waals surface area contributed by atoms with Gasteiger partial charge in [0.15, 0.2) is 0 Å². The molecule has 1 fully saturated rings. The zero-order chi connectivity index (χ0) is 20.0. The maximum absolute atomic E-state index is 13.2. The van der Waals surface area contributed by atoms with Crippen molar-refractivity contribution < 1.29 is 13.2 Å². The van der Waals surface area contributed by atoms with Crippen LogP contribution in [0.25, 0.3) is 0 Å². The van der Waals surface area contributed by atoms with Crippen molar-refractivity contribution in [2.45, 2.75) is 24.3 Å². The lowest BCUT2D eigenvalue weighted by Crippen LogP contribution is -2.55. The van der Waals surface area contributed by atoms with Gasteiger partial charge in [0.2, 0.25) is 15.9 Å². The van der Waals surface area contributed by atoms with Gasteiger partial charge in [-0.25, -0.2) is 8.42 Å². The number of nitrogens with zero attached hydrogens (tertiary/aromatic N) is 2. The first kappa shape index (κ1) is 20.5. The third kappa shape index (κ3) is 5.19. The van der Waals surface area contributed by atoms with Crippen molar-refractivity contribution in [3.63, 3.8) is 0 Å². The number of carbonyl (C=O) groups is 1. The summed E-state index contributed by atoms with van der Waals surface area (Å²) in [4.78, 5) is 17.4. The molecule has 1 heterocycles. The zero-order valence-electron chi connectivity index (χ0n) is 16.1. The lowest BCUT2D eigenvalue weighted by atomic mass is 10.1. The zero-order valence-corrected chi connectivity index (χ0v) is 16.9. The minimum atomic E-state index is -3.79. The lowest BCUT2D eigenvalue weighted by molar-refractivity contribution is -0.134. The lowest BCUT2D eigenvalue weighted by Gasteiger charge is -2.36. The summed E-state index contributed by atoms with van der Waals surface area (Å²) < 4.78 is 28.3. The van der Waals surface area contributed by atoms with Crippen molar-refractivity contribution in [2.75, 3.05) is 32.7 Å². The first-order chi connectivity index (χ1) is 13.5. The molecular formula is C21H27N3O3S. The van der Waals surface area contributed by atoms with Crippen LogP contribution >= 0.6 is 0 Å². The number of piperazine rings is 1. The Bertz CT molecular complexity index is 864. The summed E-state index contributed by atoms with van der Waals surface area (Å²) >= 11 is 0. The number of sulfonamides is 1. The van der Waals surface area contributed by atoms with E-state index in [1.807, 2.05) is 30.3 Å². The Labute approximate surface area is 167 Å². The summed E-state index contributed by atoms with van der Waals surface area (Å²) in [6.07, 6.45) is 0.319. The number of benzene rings is 2. The van der Waals surface area contributed by atoms with Gasteiger partial charge >= 0.3 is 0 Å². The van der Waals surface area contributed by atoms with Crippen LogP contribution < -0.4 is 4.72 Å². The molecule has 1 aliphatic heterocycles. The van der Waals surface area contributed by atoms with E-state index >= 15 is 0 Å². The van der Waals surface area contributed by atoms with Crippen LogP contribution in [0.3, 0.4) is 0 Å². The molecule has 1 atom stereocenters. The molecule has 2 aromatic rings. The van der Waals surface area contributed by atoms with Gasteiger partial charge in [0.25, 0.3) is 0 Å². The number of hydrogen-bond acceptors (Lipinski definition) is 4. The van der Waals surface area contributed by atoms with E-state index in [1.165, 1.54) is 12.1 Å². The second-order valence-corrected chi connectivity index (χ2v) is 8.65. The predicted octanol–water partition coefficient (Wildman–Crippen LogP) is 1.74. The molecule has 0 saturated carbocycles. The molecule has 2 aromatic carbocycles. The Balaban J connectivity index is 1.80. The van der Waals surface area contributed by atoms with E-state index in [-0.39, 0.29) is 10.8 Å². The molecule has 0 bridgehead atoms. The van der Waals surface area contributed by atoms with Crippen LogP contribution in [0.1, 0.15) is 12.5 Å². The summed E-state index contributed by atoms with van der Waals surface area (Å²) in [5, 5.41) is 0. The molecule has 1 saturated heterocycles. The molecule has 7 heteroatoms. The van der Waals surface area contributed by atoms with Gasteiger partial charge in [0.05, 0.1) is 4.90 Å². The molecule has 0 spiro atoms. The summed E-state index contributed by atoms with van der Waals surface area (Å²) in [5.74, 6) is -0.167. The average molecular weight is 402 g/mol. The van der Waals surface area contributed by atoms with Gasteiger partial charge in [0, 0.05) is 26.2 Å². The molecule has 3 rings (SSSR count). The van der Waals surface area contributed by atoms with Crippen molar-refractivity contribution in [3.05, 3.63) is 66.2 Å². The van der Waals surface area contributed by atoms with E-state index in [4.69, 9.17) is 0 Å². The van der Waals surface area contributed by atoms with Gasteiger partial charge in [-0.1, -0.05) is 55.5 Å². The quantitative estimate of drug-likeness (QED) is 0.767. The average Bonchev–Trinajstić information content (AvgIpc) is 2.74. The predicted molar refractivity (Wildman–Crippen MR) is 109 cm³/mol. The number of nitrogens with one attached hydrogen (secondary N) is 1. The van der Waals surface area contributed by atoms with Crippen LogP contribution in [0, 0.1) is 0 Å². The number of amides is 1. The highest BCUT2D eigenvalue weighted by Crippen LogP contribution is 2.13. The first-order valence-corrected chi connectivity index (χ1v) is 11.1. The molecule has 1 amide bonds. The van der Waals surface area contributed by atoms with Crippen molar-refractivity contribution in [1.29, 1.82) is 0 Å². The fourth-order valence-corrected chi connectivity index (χ4v) is 4.60. The normalized spacial score (nSPS) is 16.7. The van der Waals surface area contributed by atoms with Gasteiger partial charge in [0.1, 0.15) is 6.04 Å². The molecule has 150 valence electrons. The third-order valence-electron chi connectivity index (χ3n) is 5.06. The summed E-state index contributed by atoms with van der Waals surface area (Å²) in [6, 6.07) is 16.8. The van der Waals surface area contributed by atoms with E-state index in [1.54, 1.807) is 23.1 Å². The molecule has 1 aliphatic rings. The highest BCUT2D eigenvalue weighted by molar-refractivity contribution is 7.89. The minimum Gasteiger partial charge on any atom is -0.339 e. The molecule has 0 aliphatic carbocycles. The van der Waals surface area contributed by atoms with Crippen LogP contribution in [0.2, 0.25) is 0 Å². The standard InChI is InChI=1S/C21H27N3O3S/c1-2-23-13-15-24(16-14-23)21(25)20(17-18-9-5-3-6-10-18)22-28(26,27)19-11-7-4-8-12-19/h3-12,20,22H,2,13-17H2,1H3/t20-/m1/s1. The first-order valence-electron chi connectivity index (χ1n) is 9.62. The number of likely N-dealkylation sites (N-methyl/N-ethyl adjacent to an activating group) is 1. The Hall–Kier alpha value is -2.22. The SMILES string of the molecule is CCN1CCN(C(=O)[C@@H](Cc2ccccc2)NS(=O)(=O)c2ccccc2)CC1. The Morgan fingerprint density at radius 3 is 2.11 bits per heavy atom. The van der Waals surface area contributed by atoms with Crippen LogP contribution in [0.4, 0.5) is 0 Å². The molecule has 0 radical (unpaired) electrons. The summed E-state index contributed by atoms with van der Waals surface area (Å²) in [7, 11) is -3.79. The highest BCUT2D eigenvalue weighted by Gasteiger charge is 2.31. The van der Waals surface area contributed by atoms with Gasteiger partial charge in [-0.05, 0) is 30.7 Å². The number of rotatable bonds is 7. The number of carbonyl (C=O) groups excluding carboxylic acids is 1. The monoisotopic (exact) mass is 401 g/mol.